The van der Waals surface area contributed by atoms with Crippen molar-refractivity contribution in [2.75, 3.05) is 26.2 Å². The van der Waals surface area contributed by atoms with E-state index < -0.39 is 42.9 Å². The Balaban J connectivity index is 1.36. The van der Waals surface area contributed by atoms with Gasteiger partial charge in [0.15, 0.2) is 5.82 Å². The number of benzene rings is 1. The monoisotopic (exact) mass is 613 g/mol. The number of imidazole rings is 1. The summed E-state index contributed by atoms with van der Waals surface area (Å²) in [6.07, 6.45) is 3.91. The highest BCUT2D eigenvalue weighted by Crippen LogP contribution is 2.39. The van der Waals surface area contributed by atoms with E-state index in [9.17, 15) is 28.3 Å². The predicted octanol–water partition coefficient (Wildman–Crippen LogP) is 4.44. The maximum Gasteiger partial charge on any atom is 0.407 e. The molecule has 14 heteroatoms. The third-order valence-electron chi connectivity index (χ3n) is 9.02. The largest absolute Gasteiger partial charge is 0.465 e. The van der Waals surface area contributed by atoms with Gasteiger partial charge in [-0.05, 0) is 55.4 Å². The molecule has 2 fully saturated rings. The van der Waals surface area contributed by atoms with E-state index in [4.69, 9.17) is 0 Å². The Labute approximate surface area is 251 Å². The van der Waals surface area contributed by atoms with E-state index in [0.717, 1.165) is 35.5 Å². The van der Waals surface area contributed by atoms with Gasteiger partial charge in [0.25, 0.3) is 17.7 Å². The van der Waals surface area contributed by atoms with Crippen molar-refractivity contribution in [1.82, 2.24) is 34.9 Å². The zero-order chi connectivity index (χ0) is 31.3. The van der Waals surface area contributed by atoms with Crippen molar-refractivity contribution in [3.8, 4) is 0 Å². The summed E-state index contributed by atoms with van der Waals surface area (Å²) in [5.41, 5.74) is 0.810. The van der Waals surface area contributed by atoms with Gasteiger partial charge in [-0.25, -0.2) is 22.9 Å². The Morgan fingerprint density at radius 3 is 2.50 bits per heavy atom. The minimum Gasteiger partial charge on any atom is -0.465 e. The minimum atomic E-state index is -3.00. The van der Waals surface area contributed by atoms with Gasteiger partial charge in [-0.2, -0.15) is 5.10 Å². The summed E-state index contributed by atoms with van der Waals surface area (Å²) in [6, 6.07) is 4.13. The summed E-state index contributed by atoms with van der Waals surface area (Å²) in [5.74, 6) is -3.83. The first-order chi connectivity index (χ1) is 21.0. The number of carbonyl (C=O) groups excluding carboxylic acids is 2. The Morgan fingerprint density at radius 1 is 1.11 bits per heavy atom. The first-order valence-corrected chi connectivity index (χ1v) is 14.8. The first kappa shape index (κ1) is 29.7. The molecule has 3 aromatic rings. The summed E-state index contributed by atoms with van der Waals surface area (Å²) in [6.45, 7) is 2.44. The summed E-state index contributed by atoms with van der Waals surface area (Å²) < 4.78 is 44.8. The topological polar surface area (TPSA) is 136 Å². The van der Waals surface area contributed by atoms with E-state index in [1.807, 2.05) is 6.92 Å². The maximum atomic E-state index is 16.2. The number of carboxylic acid groups (broad SMARTS) is 1. The number of nitrogens with one attached hydrogen (secondary N) is 2. The summed E-state index contributed by atoms with van der Waals surface area (Å²) in [5, 5.41) is 16.9. The number of hydrogen-bond donors (Lipinski definition) is 3. The van der Waals surface area contributed by atoms with Crippen LogP contribution < -0.4 is 5.32 Å². The number of aryl methyl sites for hydroxylation is 1. The fourth-order valence-electron chi connectivity index (χ4n) is 6.52. The van der Waals surface area contributed by atoms with Gasteiger partial charge >= 0.3 is 6.09 Å². The molecule has 234 valence electrons. The maximum absolute atomic E-state index is 16.2. The molecule has 3 N–H and O–H groups in total. The molecule has 1 atom stereocenters. The van der Waals surface area contributed by atoms with Gasteiger partial charge in [-0.1, -0.05) is 19.8 Å². The van der Waals surface area contributed by atoms with Gasteiger partial charge in [-0.3, -0.25) is 19.2 Å². The molecular formula is C30H34F3N7O4. The Bertz CT molecular complexity index is 1650. The van der Waals surface area contributed by atoms with Crippen molar-refractivity contribution >= 4 is 34.5 Å². The van der Waals surface area contributed by atoms with Crippen molar-refractivity contribution in [2.45, 2.75) is 58.0 Å². The molecule has 0 radical (unpaired) electrons. The number of nitrogens with zero attached hydrogens (tertiary/aromatic N) is 5. The standard InChI is InChI=1S/C30H34F3N7O4/c1-3-40-22(10-11-34-40)27(41)37-24(17-6-4-16(2)5-7-17)26-35-21-9-8-18(23(31)25(21)36-26)19-12-38(29(43)44)13-20(19)28(42)39-14-30(32,33)15-39/h8-11,16-17,24H,3-7,12-15H2,1-2H3,(H,35,36)(H,37,41)(H,43,44)/t16?,17?,24-/m0/s1. The average Bonchev–Trinajstić information content (AvgIpc) is 3.73. The average molecular weight is 614 g/mol. The third-order valence-corrected chi connectivity index (χ3v) is 9.02. The highest BCUT2D eigenvalue weighted by Gasteiger charge is 2.48. The molecule has 0 unspecified atom stereocenters. The molecule has 0 spiro atoms. The Kier molecular flexibility index (Phi) is 7.62. The Hall–Kier alpha value is -4.36. The lowest BCUT2D eigenvalue weighted by Crippen LogP contribution is -2.59. The van der Waals surface area contributed by atoms with Gasteiger partial charge in [0, 0.05) is 23.9 Å². The number of alkyl halides is 2. The number of halogens is 3. The molecule has 3 amide bonds. The van der Waals surface area contributed by atoms with E-state index in [-0.39, 0.29) is 47.1 Å². The van der Waals surface area contributed by atoms with E-state index in [0.29, 0.717) is 29.5 Å². The van der Waals surface area contributed by atoms with Crippen molar-refractivity contribution in [3.05, 3.63) is 52.9 Å². The van der Waals surface area contributed by atoms with Crippen LogP contribution in [0.4, 0.5) is 18.0 Å². The van der Waals surface area contributed by atoms with E-state index in [1.165, 1.54) is 6.07 Å². The lowest BCUT2D eigenvalue weighted by molar-refractivity contribution is -0.161. The van der Waals surface area contributed by atoms with Crippen LogP contribution >= 0.6 is 0 Å². The van der Waals surface area contributed by atoms with Crippen molar-refractivity contribution in [3.63, 3.8) is 0 Å². The number of aromatic nitrogens is 4. The zero-order valence-corrected chi connectivity index (χ0v) is 24.4. The SMILES string of the molecule is CCn1nccc1C(=O)N[C@H](c1nc2c(F)c(C3=C(C(=O)N4CC(F)(F)C4)CN(C(=O)O)C3)ccc2[nH]1)C1CCC(C)CC1. The lowest BCUT2D eigenvalue weighted by Gasteiger charge is -2.39. The van der Waals surface area contributed by atoms with Gasteiger partial charge < -0.3 is 20.3 Å². The smallest absolute Gasteiger partial charge is 0.407 e. The molecule has 2 aliphatic heterocycles. The Morgan fingerprint density at radius 2 is 1.84 bits per heavy atom. The molecule has 1 saturated heterocycles. The zero-order valence-electron chi connectivity index (χ0n) is 24.4. The van der Waals surface area contributed by atoms with Crippen LogP contribution in [0.15, 0.2) is 30.0 Å². The second kappa shape index (κ2) is 11.3. The summed E-state index contributed by atoms with van der Waals surface area (Å²) >= 11 is 0. The second-order valence-corrected chi connectivity index (χ2v) is 12.1. The molecule has 4 heterocycles. The first-order valence-electron chi connectivity index (χ1n) is 14.8. The summed E-state index contributed by atoms with van der Waals surface area (Å²) in [7, 11) is 0. The van der Waals surface area contributed by atoms with E-state index >= 15 is 4.39 Å². The predicted molar refractivity (Wildman–Crippen MR) is 153 cm³/mol. The number of rotatable bonds is 7. The van der Waals surface area contributed by atoms with Crippen LogP contribution in [0, 0.1) is 17.7 Å². The molecule has 0 bridgehead atoms. The van der Waals surface area contributed by atoms with Gasteiger partial charge in [-0.15, -0.1) is 0 Å². The number of H-pyrrole nitrogens is 1. The molecular weight excluding hydrogens is 579 g/mol. The second-order valence-electron chi connectivity index (χ2n) is 12.1. The highest BCUT2D eigenvalue weighted by molar-refractivity contribution is 6.05. The highest BCUT2D eigenvalue weighted by atomic mass is 19.3. The van der Waals surface area contributed by atoms with Crippen LogP contribution in [0.25, 0.3) is 16.6 Å². The molecule has 1 aliphatic carbocycles. The van der Waals surface area contributed by atoms with Crippen LogP contribution in [0.2, 0.25) is 0 Å². The number of carbonyl (C=O) groups is 3. The van der Waals surface area contributed by atoms with Crippen molar-refractivity contribution < 1.29 is 32.7 Å². The van der Waals surface area contributed by atoms with E-state index in [2.05, 4.69) is 27.3 Å². The van der Waals surface area contributed by atoms with Gasteiger partial charge in [0.1, 0.15) is 17.0 Å². The molecule has 2 aromatic heterocycles. The normalized spacial score (nSPS) is 22.3. The molecule has 3 aliphatic rings. The summed E-state index contributed by atoms with van der Waals surface area (Å²) in [4.78, 5) is 47.9. The minimum absolute atomic E-state index is 0.0196. The molecule has 11 nitrogen and oxygen atoms in total. The number of aromatic amines is 1. The van der Waals surface area contributed by atoms with Crippen molar-refractivity contribution in [2.24, 2.45) is 11.8 Å². The fourth-order valence-corrected chi connectivity index (χ4v) is 6.52. The molecule has 6 rings (SSSR count). The van der Waals surface area contributed by atoms with Gasteiger partial charge in [0.05, 0.1) is 37.7 Å². The van der Waals surface area contributed by atoms with Gasteiger partial charge in [0.2, 0.25) is 0 Å². The third kappa shape index (κ3) is 5.41. The van der Waals surface area contributed by atoms with Crippen molar-refractivity contribution in [1.29, 1.82) is 0 Å². The van der Waals surface area contributed by atoms with Crippen LogP contribution in [0.3, 0.4) is 0 Å². The molecule has 1 saturated carbocycles. The fraction of sp³-hybridized carbons (Fsp3) is 0.500. The van der Waals surface area contributed by atoms with E-state index in [1.54, 1.807) is 23.0 Å². The quantitative estimate of drug-likeness (QED) is 0.361. The number of fused-ring (bicyclic) bond motifs is 1. The number of hydrogen-bond acceptors (Lipinski definition) is 5. The van der Waals surface area contributed by atoms with Crippen LogP contribution in [0.1, 0.15) is 67.4 Å². The molecule has 44 heavy (non-hydrogen) atoms. The molecule has 1 aromatic carbocycles. The number of likely N-dealkylation sites (tertiary alicyclic amines) is 1. The lowest BCUT2D eigenvalue weighted by atomic mass is 9.79. The van der Waals surface area contributed by atoms with Crippen LogP contribution in [-0.2, 0) is 11.3 Å². The number of amides is 3. The van der Waals surface area contributed by atoms with Crippen LogP contribution in [-0.4, -0.2) is 84.7 Å². The van der Waals surface area contributed by atoms with Crippen LogP contribution in [0.5, 0.6) is 0 Å².